The number of aryl methyl sites for hydroxylation is 1. The zero-order valence-corrected chi connectivity index (χ0v) is 12.0. The van der Waals surface area contributed by atoms with Gasteiger partial charge in [-0.05, 0) is 56.6 Å². The number of anilines is 2. The van der Waals surface area contributed by atoms with Gasteiger partial charge in [0.05, 0.1) is 0 Å². The van der Waals surface area contributed by atoms with Crippen molar-refractivity contribution in [3.05, 3.63) is 23.8 Å². The molecule has 1 amide bonds. The summed E-state index contributed by atoms with van der Waals surface area (Å²) in [6, 6.07) is 6.12. The van der Waals surface area contributed by atoms with Crippen LogP contribution in [0.5, 0.6) is 0 Å². The molecule has 2 rings (SSSR count). The fourth-order valence-corrected chi connectivity index (χ4v) is 2.39. The third-order valence-corrected chi connectivity index (χ3v) is 3.69. The number of benzene rings is 1. The molecule has 0 saturated carbocycles. The minimum Gasteiger partial charge on any atom is -0.378 e. The van der Waals surface area contributed by atoms with Gasteiger partial charge in [-0.3, -0.25) is 4.79 Å². The molecule has 1 aromatic rings. The second kappa shape index (κ2) is 6.06. The molecular formula is C15H23N3O. The van der Waals surface area contributed by atoms with Crippen LogP contribution >= 0.6 is 0 Å². The molecular weight excluding hydrogens is 238 g/mol. The predicted octanol–water partition coefficient (Wildman–Crippen LogP) is 2.00. The Morgan fingerprint density at radius 3 is 2.58 bits per heavy atom. The fourth-order valence-electron chi connectivity index (χ4n) is 2.39. The summed E-state index contributed by atoms with van der Waals surface area (Å²) in [5.41, 5.74) is 3.18. The number of nitrogens with zero attached hydrogens (tertiary/aromatic N) is 1. The first kappa shape index (κ1) is 13.9. The van der Waals surface area contributed by atoms with Gasteiger partial charge < -0.3 is 15.5 Å². The number of hydrogen-bond donors (Lipinski definition) is 2. The van der Waals surface area contributed by atoms with Crippen molar-refractivity contribution >= 4 is 17.3 Å². The highest BCUT2D eigenvalue weighted by molar-refractivity contribution is 5.93. The maximum atomic E-state index is 12.2. The molecule has 19 heavy (non-hydrogen) atoms. The number of nitrogens with one attached hydrogen (secondary N) is 2. The molecule has 1 aliphatic rings. The molecule has 1 aliphatic heterocycles. The smallest absolute Gasteiger partial charge is 0.227 e. The van der Waals surface area contributed by atoms with Gasteiger partial charge in [0, 0.05) is 31.4 Å². The van der Waals surface area contributed by atoms with Crippen LogP contribution in [0.4, 0.5) is 11.4 Å². The summed E-state index contributed by atoms with van der Waals surface area (Å²) < 4.78 is 0. The van der Waals surface area contributed by atoms with Gasteiger partial charge in [0.1, 0.15) is 0 Å². The predicted molar refractivity (Wildman–Crippen MR) is 79.7 cm³/mol. The van der Waals surface area contributed by atoms with E-state index in [1.165, 1.54) is 0 Å². The zero-order valence-electron chi connectivity index (χ0n) is 12.0. The van der Waals surface area contributed by atoms with Gasteiger partial charge in [0.15, 0.2) is 0 Å². The summed E-state index contributed by atoms with van der Waals surface area (Å²) in [5, 5.41) is 6.34. The van der Waals surface area contributed by atoms with Crippen molar-refractivity contribution in [1.82, 2.24) is 5.32 Å². The Labute approximate surface area is 115 Å². The molecule has 0 radical (unpaired) electrons. The highest BCUT2D eigenvalue weighted by Crippen LogP contribution is 2.23. The molecule has 0 atom stereocenters. The lowest BCUT2D eigenvalue weighted by atomic mass is 9.97. The highest BCUT2D eigenvalue weighted by Gasteiger charge is 2.21. The molecule has 0 unspecified atom stereocenters. The van der Waals surface area contributed by atoms with Crippen LogP contribution in [0.3, 0.4) is 0 Å². The number of amides is 1. The average Bonchev–Trinajstić information content (AvgIpc) is 2.41. The van der Waals surface area contributed by atoms with Gasteiger partial charge in [-0.15, -0.1) is 0 Å². The first-order chi connectivity index (χ1) is 9.08. The first-order valence-corrected chi connectivity index (χ1v) is 6.87. The lowest BCUT2D eigenvalue weighted by molar-refractivity contribution is -0.120. The number of rotatable bonds is 3. The Bertz CT molecular complexity index is 451. The van der Waals surface area contributed by atoms with Crippen molar-refractivity contribution in [1.29, 1.82) is 0 Å². The maximum Gasteiger partial charge on any atom is 0.227 e. The SMILES string of the molecule is Cc1cc(N(C)C)ccc1NC(=O)C1CCNCC1. The summed E-state index contributed by atoms with van der Waals surface area (Å²) in [6.07, 6.45) is 1.86. The third-order valence-electron chi connectivity index (χ3n) is 3.69. The van der Waals surface area contributed by atoms with Crippen molar-refractivity contribution in [2.45, 2.75) is 19.8 Å². The third kappa shape index (κ3) is 3.47. The van der Waals surface area contributed by atoms with Crippen LogP contribution in [0.1, 0.15) is 18.4 Å². The highest BCUT2D eigenvalue weighted by atomic mass is 16.1. The average molecular weight is 261 g/mol. The number of carbonyl (C=O) groups is 1. The molecule has 2 N–H and O–H groups in total. The summed E-state index contributed by atoms with van der Waals surface area (Å²) in [6.45, 7) is 3.91. The van der Waals surface area contributed by atoms with Crippen LogP contribution < -0.4 is 15.5 Å². The van der Waals surface area contributed by atoms with E-state index in [0.29, 0.717) is 0 Å². The molecule has 1 fully saturated rings. The Hall–Kier alpha value is -1.55. The quantitative estimate of drug-likeness (QED) is 0.874. The van der Waals surface area contributed by atoms with Crippen LogP contribution in [-0.2, 0) is 4.79 Å². The Kier molecular flexibility index (Phi) is 4.43. The number of piperidine rings is 1. The number of hydrogen-bond acceptors (Lipinski definition) is 3. The van der Waals surface area contributed by atoms with Crippen molar-refractivity contribution < 1.29 is 4.79 Å². The standard InChI is InChI=1S/C15H23N3O/c1-11-10-13(18(2)3)4-5-14(11)17-15(19)12-6-8-16-9-7-12/h4-5,10,12,16H,6-9H2,1-3H3,(H,17,19). The maximum absolute atomic E-state index is 12.2. The topological polar surface area (TPSA) is 44.4 Å². The molecule has 4 heteroatoms. The van der Waals surface area contributed by atoms with Gasteiger partial charge in [-0.1, -0.05) is 0 Å². The summed E-state index contributed by atoms with van der Waals surface area (Å²) >= 11 is 0. The Morgan fingerprint density at radius 2 is 2.00 bits per heavy atom. The monoisotopic (exact) mass is 261 g/mol. The molecule has 0 aromatic heterocycles. The molecule has 1 aromatic carbocycles. The largest absolute Gasteiger partial charge is 0.378 e. The Morgan fingerprint density at radius 1 is 1.32 bits per heavy atom. The van der Waals surface area contributed by atoms with Crippen LogP contribution in [0, 0.1) is 12.8 Å². The van der Waals surface area contributed by atoms with E-state index in [1.54, 1.807) is 0 Å². The second-order valence-corrected chi connectivity index (χ2v) is 5.41. The minimum atomic E-state index is 0.147. The van der Waals surface area contributed by atoms with E-state index < -0.39 is 0 Å². The van der Waals surface area contributed by atoms with Crippen molar-refractivity contribution in [2.75, 3.05) is 37.4 Å². The van der Waals surface area contributed by atoms with Crippen LogP contribution in [0.2, 0.25) is 0 Å². The minimum absolute atomic E-state index is 0.147. The molecule has 0 aliphatic carbocycles. The van der Waals surface area contributed by atoms with Gasteiger partial charge in [-0.2, -0.15) is 0 Å². The van der Waals surface area contributed by atoms with Gasteiger partial charge >= 0.3 is 0 Å². The summed E-state index contributed by atoms with van der Waals surface area (Å²) in [4.78, 5) is 14.3. The van der Waals surface area contributed by atoms with E-state index in [0.717, 1.165) is 42.9 Å². The van der Waals surface area contributed by atoms with Crippen LogP contribution in [0.15, 0.2) is 18.2 Å². The van der Waals surface area contributed by atoms with Gasteiger partial charge in [0.2, 0.25) is 5.91 Å². The van der Waals surface area contributed by atoms with E-state index in [1.807, 2.05) is 33.2 Å². The van der Waals surface area contributed by atoms with Gasteiger partial charge in [-0.25, -0.2) is 0 Å². The van der Waals surface area contributed by atoms with E-state index in [9.17, 15) is 4.79 Å². The van der Waals surface area contributed by atoms with Crippen LogP contribution in [0.25, 0.3) is 0 Å². The van der Waals surface area contributed by atoms with Crippen molar-refractivity contribution in [3.63, 3.8) is 0 Å². The normalized spacial score (nSPS) is 16.2. The fraction of sp³-hybridized carbons (Fsp3) is 0.533. The van der Waals surface area contributed by atoms with E-state index in [2.05, 4.69) is 21.6 Å². The molecule has 0 spiro atoms. The summed E-state index contributed by atoms with van der Waals surface area (Å²) in [7, 11) is 4.03. The van der Waals surface area contributed by atoms with Gasteiger partial charge in [0.25, 0.3) is 0 Å². The number of carbonyl (C=O) groups excluding carboxylic acids is 1. The lowest BCUT2D eigenvalue weighted by Crippen LogP contribution is -2.34. The molecule has 1 heterocycles. The zero-order chi connectivity index (χ0) is 13.8. The van der Waals surface area contributed by atoms with E-state index in [4.69, 9.17) is 0 Å². The van der Waals surface area contributed by atoms with Crippen LogP contribution in [-0.4, -0.2) is 33.1 Å². The van der Waals surface area contributed by atoms with E-state index >= 15 is 0 Å². The summed E-state index contributed by atoms with van der Waals surface area (Å²) in [5.74, 6) is 0.302. The molecule has 104 valence electrons. The second-order valence-electron chi connectivity index (χ2n) is 5.41. The molecule has 1 saturated heterocycles. The Balaban J connectivity index is 2.04. The first-order valence-electron chi connectivity index (χ1n) is 6.87. The van der Waals surface area contributed by atoms with E-state index in [-0.39, 0.29) is 11.8 Å². The lowest BCUT2D eigenvalue weighted by Gasteiger charge is -2.22. The van der Waals surface area contributed by atoms with Crippen molar-refractivity contribution in [2.24, 2.45) is 5.92 Å². The molecule has 4 nitrogen and oxygen atoms in total. The molecule has 0 bridgehead atoms. The van der Waals surface area contributed by atoms with Crippen molar-refractivity contribution in [3.8, 4) is 0 Å².